The lowest BCUT2D eigenvalue weighted by Crippen LogP contribution is -2.34. The summed E-state index contributed by atoms with van der Waals surface area (Å²) in [4.78, 5) is 26.1. The van der Waals surface area contributed by atoms with Gasteiger partial charge in [-0.25, -0.2) is 4.68 Å². The average Bonchev–Trinajstić information content (AvgIpc) is 3.41. The molecule has 0 radical (unpaired) electrons. The van der Waals surface area contributed by atoms with E-state index in [1.165, 1.54) is 10.9 Å². The maximum atomic E-state index is 10.9. The minimum absolute atomic E-state index is 0.0429. The van der Waals surface area contributed by atoms with Gasteiger partial charge < -0.3 is 39.5 Å². The Bertz CT molecular complexity index is 967. The molecule has 2 aromatic heterocycles. The molecule has 2 aromatic rings. The molecule has 2 saturated heterocycles. The molecule has 0 aliphatic carbocycles. The quantitative estimate of drug-likeness (QED) is 0.249. The lowest BCUT2D eigenvalue weighted by Gasteiger charge is -2.16. The summed E-state index contributed by atoms with van der Waals surface area (Å²) in [5.74, 6) is 0.450. The van der Waals surface area contributed by atoms with Crippen LogP contribution in [0.15, 0.2) is 6.20 Å². The van der Waals surface area contributed by atoms with E-state index in [9.17, 15) is 14.8 Å². The molecule has 0 amide bonds. The van der Waals surface area contributed by atoms with Crippen molar-refractivity contribution in [3.63, 3.8) is 0 Å². The van der Waals surface area contributed by atoms with Crippen molar-refractivity contribution in [1.29, 1.82) is 0 Å². The Labute approximate surface area is 181 Å². The van der Waals surface area contributed by atoms with Crippen LogP contribution in [0, 0.1) is 0 Å². The molecule has 13 nitrogen and oxygen atoms in total. The van der Waals surface area contributed by atoms with Crippen LogP contribution >= 0.6 is 19.2 Å². The first kappa shape index (κ1) is 22.8. The number of aromatic nitrogens is 4. The van der Waals surface area contributed by atoms with Gasteiger partial charge in [0, 0.05) is 13.2 Å². The summed E-state index contributed by atoms with van der Waals surface area (Å²) in [7, 11) is -4.37. The van der Waals surface area contributed by atoms with E-state index < -0.39 is 38.5 Å². The standard InChI is InChI=1S/C16H23ClN5O8P/c17-16-20-13(18-4-8-2-1-3-29-8)9-5-19-22(14(9)21-16)15-12(24)11(23)10(30-15)6-28-7-31(25,26)27/h5,8,10-12,15,23-24H,1-4,6-7H2,(H,18,20,21)(H2,25,26,27)/t8?,10-,11-,12-,15-/m1/s1. The Morgan fingerprint density at radius 2 is 2.13 bits per heavy atom. The predicted molar refractivity (Wildman–Crippen MR) is 107 cm³/mol. The Morgan fingerprint density at radius 3 is 2.84 bits per heavy atom. The highest BCUT2D eigenvalue weighted by atomic mass is 35.5. The van der Waals surface area contributed by atoms with Crippen molar-refractivity contribution in [2.75, 3.05) is 31.4 Å². The molecule has 0 aromatic carbocycles. The van der Waals surface area contributed by atoms with Crippen LogP contribution in [0.5, 0.6) is 0 Å². The smallest absolute Gasteiger partial charge is 0.350 e. The number of halogens is 1. The highest BCUT2D eigenvalue weighted by Crippen LogP contribution is 2.36. The van der Waals surface area contributed by atoms with Crippen LogP contribution in [0.25, 0.3) is 11.0 Å². The minimum atomic E-state index is -4.37. The van der Waals surface area contributed by atoms with Gasteiger partial charge in [0.05, 0.1) is 24.3 Å². The highest BCUT2D eigenvalue weighted by molar-refractivity contribution is 7.51. The molecule has 4 rings (SSSR count). The van der Waals surface area contributed by atoms with E-state index in [1.54, 1.807) is 0 Å². The molecular weight excluding hydrogens is 457 g/mol. The first-order chi connectivity index (χ1) is 14.7. The monoisotopic (exact) mass is 479 g/mol. The summed E-state index contributed by atoms with van der Waals surface area (Å²) in [6.45, 7) is 0.930. The van der Waals surface area contributed by atoms with E-state index in [4.69, 9.17) is 35.6 Å². The van der Waals surface area contributed by atoms with Gasteiger partial charge in [0.15, 0.2) is 11.9 Å². The van der Waals surface area contributed by atoms with Gasteiger partial charge in [0.1, 0.15) is 30.5 Å². The molecule has 2 fully saturated rings. The number of anilines is 1. The molecule has 2 aliphatic rings. The van der Waals surface area contributed by atoms with Crippen LogP contribution in [0.4, 0.5) is 5.82 Å². The van der Waals surface area contributed by atoms with Crippen molar-refractivity contribution in [3.8, 4) is 0 Å². The maximum absolute atomic E-state index is 10.9. The number of rotatable bonds is 8. The molecule has 0 bridgehead atoms. The number of hydrogen-bond acceptors (Lipinski definition) is 10. The molecule has 5 N–H and O–H groups in total. The first-order valence-corrected chi connectivity index (χ1v) is 11.8. The summed E-state index contributed by atoms with van der Waals surface area (Å²) < 4.78 is 28.3. The van der Waals surface area contributed by atoms with Crippen molar-refractivity contribution in [3.05, 3.63) is 11.5 Å². The van der Waals surface area contributed by atoms with Crippen molar-refractivity contribution >= 4 is 36.0 Å². The molecule has 31 heavy (non-hydrogen) atoms. The second-order valence-corrected chi connectivity index (χ2v) is 9.32. The van der Waals surface area contributed by atoms with Gasteiger partial charge in [-0.15, -0.1) is 0 Å². The number of fused-ring (bicyclic) bond motifs is 1. The average molecular weight is 480 g/mol. The van der Waals surface area contributed by atoms with Crippen LogP contribution in [-0.2, 0) is 18.8 Å². The topological polar surface area (TPSA) is 181 Å². The molecule has 4 heterocycles. The number of ether oxygens (including phenoxy) is 3. The van der Waals surface area contributed by atoms with Crippen LogP contribution in [0.2, 0.25) is 5.28 Å². The zero-order chi connectivity index (χ0) is 22.2. The SMILES string of the molecule is O=P(O)(O)COC[C@H]1O[C@@H](n2ncc3c(NCC4CCCO4)nc(Cl)nc32)[C@H](O)[C@@H]1O. The van der Waals surface area contributed by atoms with Gasteiger partial charge in [0.2, 0.25) is 5.28 Å². The molecule has 0 saturated carbocycles. The van der Waals surface area contributed by atoms with Crippen molar-refractivity contribution in [2.45, 2.75) is 43.5 Å². The largest absolute Gasteiger partial charge is 0.387 e. The summed E-state index contributed by atoms with van der Waals surface area (Å²) >= 11 is 6.08. The third-order valence-corrected chi connectivity index (χ3v) is 5.76. The normalized spacial score (nSPS) is 29.1. The van der Waals surface area contributed by atoms with Crippen LogP contribution in [-0.4, -0.2) is 90.3 Å². The third kappa shape index (κ3) is 5.16. The van der Waals surface area contributed by atoms with Gasteiger partial charge in [-0.2, -0.15) is 15.1 Å². The van der Waals surface area contributed by atoms with Gasteiger partial charge >= 0.3 is 7.60 Å². The summed E-state index contributed by atoms with van der Waals surface area (Å²) in [5.41, 5.74) is 0.280. The molecule has 5 atom stereocenters. The van der Waals surface area contributed by atoms with E-state index in [2.05, 4.69) is 20.4 Å². The zero-order valence-corrected chi connectivity index (χ0v) is 17.9. The van der Waals surface area contributed by atoms with E-state index >= 15 is 0 Å². The minimum Gasteiger partial charge on any atom is -0.387 e. The molecule has 1 unspecified atom stereocenters. The van der Waals surface area contributed by atoms with E-state index in [0.717, 1.165) is 19.4 Å². The lowest BCUT2D eigenvalue weighted by atomic mass is 10.1. The molecule has 15 heteroatoms. The second-order valence-electron chi connectivity index (χ2n) is 7.39. The van der Waals surface area contributed by atoms with Gasteiger partial charge in [-0.05, 0) is 24.4 Å². The van der Waals surface area contributed by atoms with Crippen molar-refractivity contribution in [2.24, 2.45) is 0 Å². The molecule has 2 aliphatic heterocycles. The lowest BCUT2D eigenvalue weighted by molar-refractivity contribution is -0.0658. The maximum Gasteiger partial charge on any atom is 0.350 e. The Hall–Kier alpha value is -1.41. The predicted octanol–water partition coefficient (Wildman–Crippen LogP) is -0.158. The zero-order valence-electron chi connectivity index (χ0n) is 16.2. The van der Waals surface area contributed by atoms with Crippen LogP contribution in [0.1, 0.15) is 19.1 Å². The first-order valence-electron chi connectivity index (χ1n) is 9.63. The Morgan fingerprint density at radius 1 is 1.32 bits per heavy atom. The molecule has 0 spiro atoms. The van der Waals surface area contributed by atoms with E-state index in [-0.39, 0.29) is 23.6 Å². The Kier molecular flexibility index (Phi) is 6.77. The number of aliphatic hydroxyl groups is 2. The number of aliphatic hydroxyl groups excluding tert-OH is 2. The van der Waals surface area contributed by atoms with Crippen LogP contribution in [0.3, 0.4) is 0 Å². The fourth-order valence-corrected chi connectivity index (χ4v) is 4.10. The summed E-state index contributed by atoms with van der Waals surface area (Å²) in [6, 6.07) is 0. The molecular formula is C16H23ClN5O8P. The fourth-order valence-electron chi connectivity index (χ4n) is 3.59. The summed E-state index contributed by atoms with van der Waals surface area (Å²) in [5, 5.41) is 28.6. The van der Waals surface area contributed by atoms with Crippen molar-refractivity contribution in [1.82, 2.24) is 19.7 Å². The van der Waals surface area contributed by atoms with E-state index in [1.807, 2.05) is 0 Å². The number of hydrogen-bond donors (Lipinski definition) is 5. The second kappa shape index (κ2) is 9.22. The van der Waals surface area contributed by atoms with Crippen molar-refractivity contribution < 1.29 is 38.8 Å². The summed E-state index contributed by atoms with van der Waals surface area (Å²) in [6.07, 6.45) is -2.21. The van der Waals surface area contributed by atoms with Gasteiger partial charge in [-0.1, -0.05) is 0 Å². The number of nitrogens with zero attached hydrogens (tertiary/aromatic N) is 4. The third-order valence-electron chi connectivity index (χ3n) is 5.07. The van der Waals surface area contributed by atoms with Gasteiger partial charge in [0.25, 0.3) is 0 Å². The number of nitrogens with one attached hydrogen (secondary N) is 1. The Balaban J connectivity index is 1.51. The fraction of sp³-hybridized carbons (Fsp3) is 0.688. The van der Waals surface area contributed by atoms with Crippen LogP contribution < -0.4 is 5.32 Å². The van der Waals surface area contributed by atoms with Gasteiger partial charge in [-0.3, -0.25) is 4.57 Å². The highest BCUT2D eigenvalue weighted by Gasteiger charge is 2.45. The van der Waals surface area contributed by atoms with E-state index in [0.29, 0.717) is 17.7 Å². The molecule has 172 valence electrons.